The largest absolute Gasteiger partial charge is 0.587 e. The molecule has 2 aliphatic carbocycles. The lowest BCUT2D eigenvalue weighted by Crippen LogP contribution is -2.70. The van der Waals surface area contributed by atoms with Crippen molar-refractivity contribution >= 4 is 7.82 Å². The number of benzene rings is 2. The highest BCUT2D eigenvalue weighted by atomic mass is 31.2. The molecule has 12 rings (SSSR count). The maximum Gasteiger partial charge on any atom is 0.587 e. The second-order valence-corrected chi connectivity index (χ2v) is 21.3. The van der Waals surface area contributed by atoms with E-state index >= 15 is 0 Å². The molecule has 8 aliphatic heterocycles. The van der Waals surface area contributed by atoms with E-state index in [1.807, 2.05) is 50.2 Å². The third-order valence-corrected chi connectivity index (χ3v) is 17.4. The molecule has 4 unspecified atom stereocenters. The van der Waals surface area contributed by atoms with Gasteiger partial charge in [0.15, 0.2) is 23.8 Å². The second-order valence-electron chi connectivity index (χ2n) is 19.8. The number of rotatable bonds is 11. The highest BCUT2D eigenvalue weighted by Gasteiger charge is 2.71. The maximum atomic E-state index is 14.8. The van der Waals surface area contributed by atoms with Gasteiger partial charge in [-0.1, -0.05) is 64.1 Å². The van der Waals surface area contributed by atoms with Crippen LogP contribution in [-0.4, -0.2) is 54.2 Å². The number of phosphoric ester groups is 1. The molecule has 4 bridgehead atoms. The van der Waals surface area contributed by atoms with Crippen LogP contribution >= 0.6 is 7.82 Å². The lowest BCUT2D eigenvalue weighted by Gasteiger charge is -2.61. The predicted molar refractivity (Wildman–Crippen MR) is 214 cm³/mol. The molecule has 2 aromatic carbocycles. The van der Waals surface area contributed by atoms with E-state index in [2.05, 4.69) is 27.7 Å². The number of ether oxygens (including phenoxy) is 4. The Balaban J connectivity index is 0.963. The summed E-state index contributed by atoms with van der Waals surface area (Å²) in [5.41, 5.74) is -1.34. The average molecular weight is 839 g/mol. The summed E-state index contributed by atoms with van der Waals surface area (Å²) in [5, 5.41) is 0. The second kappa shape index (κ2) is 15.3. The fourth-order valence-electron chi connectivity index (χ4n) is 12.9. The molecule has 59 heavy (non-hydrogen) atoms. The van der Waals surface area contributed by atoms with Gasteiger partial charge in [0.2, 0.25) is 11.6 Å². The van der Waals surface area contributed by atoms with Crippen LogP contribution in [0.25, 0.3) is 0 Å². The van der Waals surface area contributed by atoms with Gasteiger partial charge >= 0.3 is 7.82 Å². The third-order valence-electron chi connectivity index (χ3n) is 16.1. The number of hydrogen-bond acceptors (Lipinski definition) is 12. The molecule has 0 aromatic heterocycles. The molecule has 8 saturated heterocycles. The molecular weight excluding hydrogens is 775 g/mol. The molecule has 0 N–H and O–H groups in total. The van der Waals surface area contributed by atoms with E-state index in [1.54, 1.807) is 24.3 Å². The molecule has 2 saturated carbocycles. The molecule has 0 radical (unpaired) electrons. The molecule has 8 heterocycles. The minimum absolute atomic E-state index is 0.0761. The first-order valence-electron chi connectivity index (χ1n) is 22.5. The molecule has 2 spiro atoms. The SMILES string of the molecule is C[C@H]1[C@@H](CC(COP(=O)(Oc2ccccc2)Oc2ccccc2)C[C@H]2O[C@@H]3OC4(C)CC[C@H]5[C@H](C)CC[C@@H]([C@H]2C)C35OO4)O[C@@H]2OC3(C)CC[C@H]4[C@H](C)CC[C@@H]1C24OO3. The van der Waals surface area contributed by atoms with E-state index in [0.29, 0.717) is 36.2 Å². The fraction of sp³-hybridized carbons (Fsp3) is 0.739. The Kier molecular flexibility index (Phi) is 10.6. The van der Waals surface area contributed by atoms with Gasteiger partial charge in [-0.05, 0) is 131 Å². The van der Waals surface area contributed by atoms with Crippen molar-refractivity contribution in [3.8, 4) is 11.5 Å². The monoisotopic (exact) mass is 838 g/mol. The van der Waals surface area contributed by atoms with Crippen LogP contribution in [0, 0.1) is 53.3 Å². The van der Waals surface area contributed by atoms with Gasteiger partial charge in [0.25, 0.3) is 0 Å². The molecule has 16 atom stereocenters. The van der Waals surface area contributed by atoms with E-state index in [9.17, 15) is 4.57 Å². The molecule has 10 aliphatic rings. The van der Waals surface area contributed by atoms with Crippen molar-refractivity contribution in [3.05, 3.63) is 60.7 Å². The zero-order valence-electron chi connectivity index (χ0n) is 35.4. The fourth-order valence-corrected chi connectivity index (χ4v) is 14.2. The third kappa shape index (κ3) is 7.04. The number of phosphoric acid groups is 1. The molecule has 10 fully saturated rings. The Morgan fingerprint density at radius 1 is 0.610 bits per heavy atom. The smallest absolute Gasteiger partial charge is 0.395 e. The highest BCUT2D eigenvalue weighted by molar-refractivity contribution is 7.49. The summed E-state index contributed by atoms with van der Waals surface area (Å²) in [5.74, 6) is 0.880. The lowest BCUT2D eigenvalue weighted by molar-refractivity contribution is -0.571. The first-order valence-corrected chi connectivity index (χ1v) is 23.9. The zero-order valence-corrected chi connectivity index (χ0v) is 36.3. The summed E-state index contributed by atoms with van der Waals surface area (Å²) < 4.78 is 61.3. The van der Waals surface area contributed by atoms with Crippen LogP contribution in [0.5, 0.6) is 11.5 Å². The van der Waals surface area contributed by atoms with Crippen molar-refractivity contribution in [3.63, 3.8) is 0 Å². The first-order chi connectivity index (χ1) is 28.3. The summed E-state index contributed by atoms with van der Waals surface area (Å²) in [4.78, 5) is 25.2. The van der Waals surface area contributed by atoms with Gasteiger partial charge in [-0.3, -0.25) is 4.52 Å². The van der Waals surface area contributed by atoms with Crippen molar-refractivity contribution in [1.29, 1.82) is 0 Å². The molecule has 324 valence electrons. The van der Waals surface area contributed by atoms with E-state index in [1.165, 1.54) is 0 Å². The van der Waals surface area contributed by atoms with Gasteiger partial charge in [-0.15, -0.1) is 0 Å². The summed E-state index contributed by atoms with van der Waals surface area (Å²) in [6.45, 7) is 13.2. The van der Waals surface area contributed by atoms with Crippen LogP contribution in [-0.2, 0) is 47.6 Å². The van der Waals surface area contributed by atoms with Gasteiger partial charge in [0.1, 0.15) is 11.5 Å². The molecular formula is C46H63O12P. The molecule has 12 nitrogen and oxygen atoms in total. The van der Waals surface area contributed by atoms with Crippen LogP contribution in [0.1, 0.15) is 106 Å². The Morgan fingerprint density at radius 3 is 1.49 bits per heavy atom. The number of para-hydroxylation sites is 2. The Bertz CT molecular complexity index is 1730. The Hall–Kier alpha value is -2.09. The zero-order chi connectivity index (χ0) is 40.8. The van der Waals surface area contributed by atoms with E-state index in [-0.39, 0.29) is 60.2 Å². The van der Waals surface area contributed by atoms with Crippen molar-refractivity contribution in [1.82, 2.24) is 0 Å². The number of hydrogen-bond donors (Lipinski definition) is 0. The quantitative estimate of drug-likeness (QED) is 0.158. The Morgan fingerprint density at radius 2 is 1.05 bits per heavy atom. The van der Waals surface area contributed by atoms with Gasteiger partial charge in [-0.25, -0.2) is 24.1 Å². The van der Waals surface area contributed by atoms with E-state index in [0.717, 1.165) is 51.4 Å². The van der Waals surface area contributed by atoms with Gasteiger partial charge < -0.3 is 28.0 Å². The first kappa shape index (κ1) is 41.0. The van der Waals surface area contributed by atoms with Crippen LogP contribution in [0.2, 0.25) is 0 Å². The highest BCUT2D eigenvalue weighted by Crippen LogP contribution is 2.63. The summed E-state index contributed by atoms with van der Waals surface area (Å²) >= 11 is 0. The number of fused-ring (bicyclic) bond motifs is 4. The molecule has 0 amide bonds. The van der Waals surface area contributed by atoms with Crippen LogP contribution in [0.15, 0.2) is 60.7 Å². The van der Waals surface area contributed by atoms with Crippen LogP contribution < -0.4 is 9.05 Å². The van der Waals surface area contributed by atoms with E-state index < -0.39 is 43.2 Å². The van der Waals surface area contributed by atoms with E-state index in [4.69, 9.17) is 52.1 Å². The average Bonchev–Trinajstić information content (AvgIpc) is 3.59. The predicted octanol–water partition coefficient (Wildman–Crippen LogP) is 10.2. The summed E-state index contributed by atoms with van der Waals surface area (Å²) in [7, 11) is -4.20. The van der Waals surface area contributed by atoms with Crippen LogP contribution in [0.3, 0.4) is 0 Å². The van der Waals surface area contributed by atoms with Crippen molar-refractivity contribution < 1.29 is 56.6 Å². The van der Waals surface area contributed by atoms with Gasteiger partial charge in [-0.2, -0.15) is 0 Å². The molecule has 2 aromatic rings. The van der Waals surface area contributed by atoms with Gasteiger partial charge in [0.05, 0.1) is 18.8 Å². The standard InChI is InChI=1S/C46H63O12P/c1-28-17-19-37-30(3)39(49-41-45(37)35(28)21-23-43(5,51-41)55-57-45)25-32(27-48-59(47,53-33-13-9-7-10-14-33)54-34-15-11-8-12-16-34)26-40-31(4)38-20-18-29(2)36-22-24-44(6)52-42(50-40)46(36,38)58-56-44/h7-16,28-32,35-42H,17-27H2,1-6H3/t28-,29-,30-,31-,32?,35+,36+,37+,38+,39-,40-,41-,42-,43?,44?,45?,46?/m1/s1. The summed E-state index contributed by atoms with van der Waals surface area (Å²) in [6.07, 6.45) is 7.31. The molecule has 13 heteroatoms. The Labute approximate surface area is 349 Å². The minimum Gasteiger partial charge on any atom is -0.395 e. The normalized spacial score (nSPS) is 46.6. The van der Waals surface area contributed by atoms with Crippen molar-refractivity contribution in [2.45, 2.75) is 153 Å². The maximum absolute atomic E-state index is 14.8. The van der Waals surface area contributed by atoms with Crippen molar-refractivity contribution in [2.75, 3.05) is 6.61 Å². The van der Waals surface area contributed by atoms with Crippen LogP contribution in [0.4, 0.5) is 0 Å². The van der Waals surface area contributed by atoms with Gasteiger partial charge in [0, 0.05) is 24.7 Å². The lowest BCUT2D eigenvalue weighted by atomic mass is 9.56. The summed E-state index contributed by atoms with van der Waals surface area (Å²) in [6, 6.07) is 18.1. The van der Waals surface area contributed by atoms with Crippen molar-refractivity contribution in [2.24, 2.45) is 53.3 Å². The topological polar surface area (TPSA) is 119 Å². The minimum atomic E-state index is -4.20.